The Morgan fingerprint density at radius 2 is 1.38 bits per heavy atom. The van der Waals surface area contributed by atoms with Gasteiger partial charge in [0.1, 0.15) is 5.69 Å². The van der Waals surface area contributed by atoms with Crippen LogP contribution in [-0.2, 0) is 12.8 Å². The van der Waals surface area contributed by atoms with Gasteiger partial charge in [0.05, 0.1) is 0 Å². The highest BCUT2D eigenvalue weighted by atomic mass is 32.1. The third-order valence-corrected chi connectivity index (χ3v) is 4.40. The van der Waals surface area contributed by atoms with E-state index in [2.05, 4.69) is 71.0 Å². The van der Waals surface area contributed by atoms with Gasteiger partial charge < -0.3 is 0 Å². The third-order valence-electron chi connectivity index (χ3n) is 3.67. The Balaban J connectivity index is 1.84. The summed E-state index contributed by atoms with van der Waals surface area (Å²) in [6.07, 6.45) is 2.03. The molecule has 0 spiro atoms. The van der Waals surface area contributed by atoms with Crippen LogP contribution in [0.3, 0.4) is 0 Å². The topological polar surface area (TPSA) is 40.2 Å². The van der Waals surface area contributed by atoms with E-state index in [9.17, 15) is 0 Å². The molecule has 21 heavy (non-hydrogen) atoms. The van der Waals surface area contributed by atoms with Gasteiger partial charge in [-0.15, -0.1) is 0 Å². The van der Waals surface area contributed by atoms with Crippen LogP contribution < -0.4 is 10.7 Å². The van der Waals surface area contributed by atoms with Gasteiger partial charge in [0, 0.05) is 11.3 Å². The number of benzene rings is 2. The van der Waals surface area contributed by atoms with Crippen molar-refractivity contribution in [3.8, 4) is 0 Å². The van der Waals surface area contributed by atoms with Crippen LogP contribution in [-0.4, -0.2) is 0 Å². The number of thiazole rings is 1. The smallest absolute Gasteiger partial charge is 0.278 e. The first-order valence-electron chi connectivity index (χ1n) is 7.15. The summed E-state index contributed by atoms with van der Waals surface area (Å²) in [5, 5.41) is 2.92. The first kappa shape index (κ1) is 13.8. The molecule has 0 saturated heterocycles. The summed E-state index contributed by atoms with van der Waals surface area (Å²) in [5.41, 5.74) is 9.81. The predicted molar refractivity (Wildman–Crippen MR) is 88.3 cm³/mol. The zero-order chi connectivity index (χ0) is 14.5. The summed E-state index contributed by atoms with van der Waals surface area (Å²) < 4.78 is 0. The largest absolute Gasteiger partial charge is 0.329 e. The van der Waals surface area contributed by atoms with Gasteiger partial charge >= 0.3 is 5.13 Å². The SMILES string of the molecule is Nc1[nH+]c(C(Cc2ccccc2)Cc2ccccc2)cs1. The van der Waals surface area contributed by atoms with Crippen LogP contribution >= 0.6 is 11.3 Å². The van der Waals surface area contributed by atoms with Gasteiger partial charge in [-0.25, -0.2) is 4.98 Å². The molecule has 1 heterocycles. The molecule has 0 atom stereocenters. The van der Waals surface area contributed by atoms with Gasteiger partial charge in [-0.3, -0.25) is 5.73 Å². The molecule has 0 aliphatic carbocycles. The minimum Gasteiger partial charge on any atom is -0.278 e. The number of aromatic nitrogens is 1. The second-order valence-corrected chi connectivity index (χ2v) is 6.17. The van der Waals surface area contributed by atoms with Crippen molar-refractivity contribution in [2.45, 2.75) is 18.8 Å². The van der Waals surface area contributed by atoms with E-state index in [1.165, 1.54) is 16.8 Å². The van der Waals surface area contributed by atoms with Crippen molar-refractivity contribution in [1.82, 2.24) is 0 Å². The fraction of sp³-hybridized carbons (Fsp3) is 0.167. The molecule has 0 aliphatic rings. The molecule has 0 bridgehead atoms. The quantitative estimate of drug-likeness (QED) is 0.766. The lowest BCUT2D eigenvalue weighted by Gasteiger charge is -2.14. The summed E-state index contributed by atoms with van der Waals surface area (Å²) in [7, 11) is 0. The van der Waals surface area contributed by atoms with Gasteiger partial charge in [-0.05, 0) is 24.0 Å². The Labute approximate surface area is 129 Å². The molecule has 0 amide bonds. The number of hydrogen-bond acceptors (Lipinski definition) is 2. The van der Waals surface area contributed by atoms with Crippen LogP contribution in [0.4, 0.5) is 5.13 Å². The van der Waals surface area contributed by atoms with E-state index < -0.39 is 0 Å². The second-order valence-electron chi connectivity index (χ2n) is 5.26. The Bertz CT molecular complexity index is 635. The lowest BCUT2D eigenvalue weighted by Crippen LogP contribution is -2.17. The van der Waals surface area contributed by atoms with E-state index in [1.807, 2.05) is 0 Å². The van der Waals surface area contributed by atoms with Crippen molar-refractivity contribution in [2.24, 2.45) is 0 Å². The molecular formula is C18H19N2S+. The molecule has 3 N–H and O–H groups in total. The molecule has 0 unspecified atom stereocenters. The molecular weight excluding hydrogens is 276 g/mol. The average Bonchev–Trinajstić information content (AvgIpc) is 2.95. The molecule has 2 nitrogen and oxygen atoms in total. The van der Waals surface area contributed by atoms with Crippen LogP contribution in [0, 0.1) is 0 Å². The molecule has 3 heteroatoms. The second kappa shape index (κ2) is 6.55. The van der Waals surface area contributed by atoms with E-state index in [-0.39, 0.29) is 0 Å². The van der Waals surface area contributed by atoms with Crippen LogP contribution in [0.25, 0.3) is 0 Å². The Morgan fingerprint density at radius 3 is 1.81 bits per heavy atom. The highest BCUT2D eigenvalue weighted by molar-refractivity contribution is 7.13. The number of rotatable bonds is 5. The van der Waals surface area contributed by atoms with Crippen molar-refractivity contribution >= 4 is 16.5 Å². The first-order chi connectivity index (χ1) is 10.3. The van der Waals surface area contributed by atoms with Crippen molar-refractivity contribution in [2.75, 3.05) is 5.73 Å². The van der Waals surface area contributed by atoms with Crippen LogP contribution in [0.1, 0.15) is 22.7 Å². The molecule has 1 aromatic heterocycles. The highest BCUT2D eigenvalue weighted by Crippen LogP contribution is 2.25. The van der Waals surface area contributed by atoms with Gasteiger partial charge in [0.2, 0.25) is 0 Å². The number of H-pyrrole nitrogens is 1. The summed E-state index contributed by atoms with van der Waals surface area (Å²) in [5.74, 6) is 0.420. The molecule has 0 saturated carbocycles. The monoisotopic (exact) mass is 295 g/mol. The molecule has 106 valence electrons. The van der Waals surface area contributed by atoms with E-state index in [0.717, 1.165) is 18.0 Å². The van der Waals surface area contributed by atoms with Gasteiger partial charge in [-0.2, -0.15) is 0 Å². The summed E-state index contributed by atoms with van der Waals surface area (Å²) >= 11 is 1.58. The zero-order valence-electron chi connectivity index (χ0n) is 11.8. The normalized spacial score (nSPS) is 10.9. The molecule has 0 radical (unpaired) electrons. The molecule has 0 aliphatic heterocycles. The Morgan fingerprint density at radius 1 is 0.857 bits per heavy atom. The maximum Gasteiger partial charge on any atom is 0.329 e. The van der Waals surface area contributed by atoms with E-state index in [0.29, 0.717) is 5.92 Å². The standard InChI is InChI=1S/C18H18N2S/c19-18-20-17(13-21-18)16(11-14-7-3-1-4-8-14)12-15-9-5-2-6-10-15/h1-10,13,16H,11-12H2,(H2,19,20)/p+1. The predicted octanol–water partition coefficient (Wildman–Crippen LogP) is 3.71. The molecule has 2 aromatic carbocycles. The fourth-order valence-electron chi connectivity index (χ4n) is 2.62. The van der Waals surface area contributed by atoms with E-state index in [4.69, 9.17) is 5.73 Å². The minimum absolute atomic E-state index is 0.420. The Kier molecular flexibility index (Phi) is 4.31. The number of anilines is 1. The molecule has 0 fully saturated rings. The summed E-state index contributed by atoms with van der Waals surface area (Å²) in [6, 6.07) is 21.3. The zero-order valence-corrected chi connectivity index (χ0v) is 12.6. The minimum atomic E-state index is 0.420. The van der Waals surface area contributed by atoms with Crippen LogP contribution in [0.5, 0.6) is 0 Å². The number of nitrogens with two attached hydrogens (primary N) is 1. The van der Waals surface area contributed by atoms with E-state index in [1.54, 1.807) is 11.3 Å². The molecule has 3 aromatic rings. The lowest BCUT2D eigenvalue weighted by molar-refractivity contribution is -0.369. The summed E-state index contributed by atoms with van der Waals surface area (Å²) in [4.78, 5) is 3.31. The first-order valence-corrected chi connectivity index (χ1v) is 8.03. The van der Waals surface area contributed by atoms with Gasteiger partial charge in [-0.1, -0.05) is 72.0 Å². The van der Waals surface area contributed by atoms with E-state index >= 15 is 0 Å². The fourth-order valence-corrected chi connectivity index (χ4v) is 3.30. The highest BCUT2D eigenvalue weighted by Gasteiger charge is 2.18. The van der Waals surface area contributed by atoms with Crippen molar-refractivity contribution in [1.29, 1.82) is 0 Å². The summed E-state index contributed by atoms with van der Waals surface area (Å²) in [6.45, 7) is 0. The van der Waals surface area contributed by atoms with Crippen LogP contribution in [0.2, 0.25) is 0 Å². The average molecular weight is 295 g/mol. The Hall–Kier alpha value is -2.13. The molecule has 3 rings (SSSR count). The van der Waals surface area contributed by atoms with Crippen molar-refractivity contribution in [3.63, 3.8) is 0 Å². The van der Waals surface area contributed by atoms with Crippen molar-refractivity contribution < 1.29 is 4.98 Å². The number of nitrogens with one attached hydrogen (secondary N) is 1. The number of hydrogen-bond donors (Lipinski definition) is 1. The van der Waals surface area contributed by atoms with Crippen molar-refractivity contribution in [3.05, 3.63) is 82.9 Å². The van der Waals surface area contributed by atoms with Crippen LogP contribution in [0.15, 0.2) is 66.0 Å². The maximum atomic E-state index is 5.87. The lowest BCUT2D eigenvalue weighted by atomic mass is 9.90. The number of aromatic amines is 1. The van der Waals surface area contributed by atoms with Gasteiger partial charge in [0.25, 0.3) is 0 Å². The number of nitrogen functional groups attached to an aromatic ring is 1. The maximum absolute atomic E-state index is 5.87. The third kappa shape index (κ3) is 3.70. The van der Waals surface area contributed by atoms with Gasteiger partial charge in [0.15, 0.2) is 0 Å².